The van der Waals surface area contributed by atoms with Crippen LogP contribution in [0.4, 0.5) is 14.5 Å². The van der Waals surface area contributed by atoms with Crippen molar-refractivity contribution in [3.05, 3.63) is 69.4 Å². The van der Waals surface area contributed by atoms with Crippen molar-refractivity contribution in [1.29, 1.82) is 0 Å². The van der Waals surface area contributed by atoms with Crippen LogP contribution in [0.1, 0.15) is 37.8 Å². The lowest BCUT2D eigenvalue weighted by molar-refractivity contribution is 0.100. The highest BCUT2D eigenvalue weighted by Gasteiger charge is 2.24. The first-order valence-electron chi connectivity index (χ1n) is 9.48. The normalized spacial score (nSPS) is 11.2. The van der Waals surface area contributed by atoms with Crippen LogP contribution in [0.15, 0.2) is 42.6 Å². The Labute approximate surface area is 194 Å². The molecule has 0 bridgehead atoms. The van der Waals surface area contributed by atoms with Gasteiger partial charge in [0.2, 0.25) is 0 Å². The first kappa shape index (κ1) is 22.6. The lowest BCUT2D eigenvalue weighted by atomic mass is 10.1. The number of amides is 2. The summed E-state index contributed by atoms with van der Waals surface area (Å²) < 4.78 is 33.2. The van der Waals surface area contributed by atoms with Gasteiger partial charge in [-0.15, -0.1) is 11.3 Å². The molecule has 12 heteroatoms. The fourth-order valence-electron chi connectivity index (χ4n) is 3.14. The average molecular weight is 492 g/mol. The monoisotopic (exact) mass is 491 g/mol. The van der Waals surface area contributed by atoms with Gasteiger partial charge in [-0.2, -0.15) is 5.10 Å². The Balaban J connectivity index is 1.57. The fraction of sp³-hybridized carbons (Fsp3) is 0.143. The van der Waals surface area contributed by atoms with Crippen molar-refractivity contribution < 1.29 is 23.1 Å². The Kier molecular flexibility index (Phi) is 6.25. The van der Waals surface area contributed by atoms with Crippen LogP contribution in [-0.4, -0.2) is 26.6 Å². The minimum atomic E-state index is -2.77. The van der Waals surface area contributed by atoms with Crippen molar-refractivity contribution in [3.8, 4) is 5.75 Å². The van der Waals surface area contributed by atoms with Gasteiger partial charge in [0.25, 0.3) is 18.2 Å². The number of anilines is 1. The minimum absolute atomic E-state index is 0.00379. The van der Waals surface area contributed by atoms with E-state index in [2.05, 4.69) is 15.4 Å². The van der Waals surface area contributed by atoms with Crippen molar-refractivity contribution in [2.45, 2.75) is 20.1 Å². The summed E-state index contributed by atoms with van der Waals surface area (Å²) in [4.78, 5) is 28.8. The quantitative estimate of drug-likeness (QED) is 0.386. The van der Waals surface area contributed by atoms with Gasteiger partial charge in [0.1, 0.15) is 21.2 Å². The van der Waals surface area contributed by atoms with E-state index in [9.17, 15) is 18.4 Å². The summed E-state index contributed by atoms with van der Waals surface area (Å²) in [5.41, 5.74) is 5.62. The van der Waals surface area contributed by atoms with Gasteiger partial charge in [-0.3, -0.25) is 9.59 Å². The molecule has 3 N–H and O–H groups in total. The summed E-state index contributed by atoms with van der Waals surface area (Å²) in [5.74, 6) is -0.895. The molecular weight excluding hydrogens is 476 g/mol. The fourth-order valence-corrected chi connectivity index (χ4v) is 4.39. The second kappa shape index (κ2) is 9.12. The van der Waals surface area contributed by atoms with E-state index >= 15 is 0 Å². The average Bonchev–Trinajstić information content (AvgIpc) is 3.37. The van der Waals surface area contributed by atoms with E-state index in [1.165, 1.54) is 16.8 Å². The van der Waals surface area contributed by atoms with Crippen molar-refractivity contribution >= 4 is 50.7 Å². The largest absolute Gasteiger partial charge is 0.471 e. The number of primary amides is 1. The molecule has 0 fully saturated rings. The molecule has 4 rings (SSSR count). The molecule has 0 radical (unpaired) electrons. The maximum atomic E-state index is 13.1. The van der Waals surface area contributed by atoms with Gasteiger partial charge in [0, 0.05) is 16.6 Å². The first-order valence-corrected chi connectivity index (χ1v) is 10.7. The molecule has 0 saturated heterocycles. The number of benzene rings is 1. The molecule has 33 heavy (non-hydrogen) atoms. The molecule has 0 aliphatic rings. The van der Waals surface area contributed by atoms with Crippen LogP contribution < -0.4 is 15.8 Å². The van der Waals surface area contributed by atoms with E-state index in [-0.39, 0.29) is 27.8 Å². The van der Waals surface area contributed by atoms with Gasteiger partial charge < -0.3 is 15.8 Å². The SMILES string of the molecule is Cc1cc(C(F)F)nc2sc(C(N)=O)c(NC(=O)c3ccn(COc4cccc(Cl)c4)n3)c12. The number of nitrogens with two attached hydrogens (primary N) is 1. The van der Waals surface area contributed by atoms with Gasteiger partial charge in [-0.1, -0.05) is 17.7 Å². The summed E-state index contributed by atoms with van der Waals surface area (Å²) >= 11 is 6.76. The number of nitrogens with zero attached hydrogens (tertiary/aromatic N) is 3. The highest BCUT2D eigenvalue weighted by molar-refractivity contribution is 7.21. The number of nitrogens with one attached hydrogen (secondary N) is 1. The molecule has 3 aromatic heterocycles. The summed E-state index contributed by atoms with van der Waals surface area (Å²) in [7, 11) is 0. The molecule has 0 unspecified atom stereocenters. The highest BCUT2D eigenvalue weighted by Crippen LogP contribution is 2.38. The summed E-state index contributed by atoms with van der Waals surface area (Å²) in [6, 6.07) is 9.50. The molecule has 3 heterocycles. The molecule has 0 aliphatic carbocycles. The first-order chi connectivity index (χ1) is 15.7. The van der Waals surface area contributed by atoms with Gasteiger partial charge >= 0.3 is 0 Å². The number of hydrogen-bond donors (Lipinski definition) is 2. The Hall–Kier alpha value is -3.57. The molecule has 8 nitrogen and oxygen atoms in total. The number of aryl methyl sites for hydroxylation is 1. The van der Waals surface area contributed by atoms with E-state index in [1.807, 2.05) is 0 Å². The number of ether oxygens (including phenoxy) is 1. The lowest BCUT2D eigenvalue weighted by Crippen LogP contribution is -2.17. The lowest BCUT2D eigenvalue weighted by Gasteiger charge is -2.08. The number of rotatable bonds is 7. The number of thiophene rings is 1. The van der Waals surface area contributed by atoms with Gasteiger partial charge in [-0.25, -0.2) is 18.4 Å². The van der Waals surface area contributed by atoms with Crippen LogP contribution in [0.2, 0.25) is 5.02 Å². The second-order valence-corrected chi connectivity index (χ2v) is 8.38. The third-order valence-corrected chi connectivity index (χ3v) is 5.93. The number of carbonyl (C=O) groups excluding carboxylic acids is 2. The van der Waals surface area contributed by atoms with E-state index in [0.29, 0.717) is 21.7 Å². The molecule has 1 aromatic carbocycles. The molecule has 0 spiro atoms. The molecule has 0 saturated carbocycles. The minimum Gasteiger partial charge on any atom is -0.471 e. The number of pyridine rings is 1. The number of aromatic nitrogens is 3. The Morgan fingerprint density at radius 1 is 1.30 bits per heavy atom. The van der Waals surface area contributed by atoms with E-state index < -0.39 is 23.9 Å². The van der Waals surface area contributed by atoms with Gasteiger partial charge in [0.05, 0.1) is 5.69 Å². The van der Waals surface area contributed by atoms with Gasteiger partial charge in [0.15, 0.2) is 12.4 Å². The number of halogens is 3. The van der Waals surface area contributed by atoms with Crippen molar-refractivity contribution in [1.82, 2.24) is 14.8 Å². The number of fused-ring (bicyclic) bond motifs is 1. The molecule has 0 atom stereocenters. The Morgan fingerprint density at radius 2 is 2.09 bits per heavy atom. The Bertz CT molecular complexity index is 1370. The van der Waals surface area contributed by atoms with E-state index in [0.717, 1.165) is 11.3 Å². The third-order valence-electron chi connectivity index (χ3n) is 4.60. The van der Waals surface area contributed by atoms with E-state index in [1.54, 1.807) is 37.4 Å². The van der Waals surface area contributed by atoms with Crippen LogP contribution in [0.25, 0.3) is 10.2 Å². The zero-order valence-electron chi connectivity index (χ0n) is 17.0. The van der Waals surface area contributed by atoms with Crippen LogP contribution >= 0.6 is 22.9 Å². The zero-order valence-corrected chi connectivity index (χ0v) is 18.6. The standard InChI is InChI=1S/C21H16ClF2N5O3S/c1-10-7-14(18(23)24)26-21-15(10)16(17(33-21)19(25)30)27-20(31)13-5-6-29(28-13)9-32-12-4-2-3-11(22)8-12/h2-8,18H,9H2,1H3,(H2,25,30)(H,27,31). The Morgan fingerprint density at radius 3 is 2.79 bits per heavy atom. The molecule has 4 aromatic rings. The number of hydrogen-bond acceptors (Lipinski definition) is 6. The van der Waals surface area contributed by atoms with Crippen LogP contribution in [-0.2, 0) is 6.73 Å². The zero-order chi connectivity index (χ0) is 23.7. The smallest absolute Gasteiger partial charge is 0.280 e. The summed E-state index contributed by atoms with van der Waals surface area (Å²) in [6.07, 6.45) is -1.23. The van der Waals surface area contributed by atoms with Crippen LogP contribution in [0, 0.1) is 6.92 Å². The van der Waals surface area contributed by atoms with Crippen molar-refractivity contribution in [2.24, 2.45) is 5.73 Å². The van der Waals surface area contributed by atoms with Gasteiger partial charge in [-0.05, 0) is 42.8 Å². The number of alkyl halides is 2. The molecule has 170 valence electrons. The van der Waals surface area contributed by atoms with E-state index in [4.69, 9.17) is 22.1 Å². The summed E-state index contributed by atoms with van der Waals surface area (Å²) in [5, 5.41) is 7.68. The molecule has 2 amide bonds. The van der Waals surface area contributed by atoms with Crippen molar-refractivity contribution in [2.75, 3.05) is 5.32 Å². The number of carbonyl (C=O) groups is 2. The highest BCUT2D eigenvalue weighted by atomic mass is 35.5. The molecule has 0 aliphatic heterocycles. The summed E-state index contributed by atoms with van der Waals surface area (Å²) in [6.45, 7) is 1.62. The predicted octanol–water partition coefficient (Wildman–Crippen LogP) is 4.78. The maximum absolute atomic E-state index is 13.1. The predicted molar refractivity (Wildman–Crippen MR) is 120 cm³/mol. The third kappa shape index (κ3) is 4.78. The van der Waals surface area contributed by atoms with Crippen molar-refractivity contribution in [3.63, 3.8) is 0 Å². The second-order valence-electron chi connectivity index (χ2n) is 6.94. The maximum Gasteiger partial charge on any atom is 0.280 e. The van der Waals surface area contributed by atoms with Crippen LogP contribution in [0.3, 0.4) is 0 Å². The topological polar surface area (TPSA) is 112 Å². The molecular formula is C21H16ClF2N5O3S. The van der Waals surface area contributed by atoms with Crippen LogP contribution in [0.5, 0.6) is 5.75 Å².